The predicted octanol–water partition coefficient (Wildman–Crippen LogP) is 4.75. The van der Waals surface area contributed by atoms with Crippen LogP contribution in [0.5, 0.6) is 23.0 Å². The van der Waals surface area contributed by atoms with Crippen LogP contribution in [0.4, 0.5) is 11.4 Å². The Morgan fingerprint density at radius 1 is 0.632 bits per heavy atom. The summed E-state index contributed by atoms with van der Waals surface area (Å²) in [5.41, 5.74) is 5.95. The second-order valence-electron chi connectivity index (χ2n) is 13.8. The van der Waals surface area contributed by atoms with E-state index < -0.39 is 0 Å². The topological polar surface area (TPSA) is 136 Å². The Labute approximate surface area is 331 Å². The summed E-state index contributed by atoms with van der Waals surface area (Å²) in [6.45, 7) is 13.6. The molecule has 4 aromatic heterocycles. The smallest absolute Gasteiger partial charge is 0.258 e. The molecule has 14 heteroatoms. The average molecular weight is 775 g/mol. The van der Waals surface area contributed by atoms with Gasteiger partial charge in [0.25, 0.3) is 11.1 Å². The van der Waals surface area contributed by atoms with Gasteiger partial charge in [0.05, 0.1) is 50.2 Å². The van der Waals surface area contributed by atoms with Gasteiger partial charge in [0.2, 0.25) is 0 Å². The first-order valence-electron chi connectivity index (χ1n) is 19.4. The molecule has 2 aromatic carbocycles. The van der Waals surface area contributed by atoms with E-state index in [-0.39, 0.29) is 11.1 Å². The summed E-state index contributed by atoms with van der Waals surface area (Å²) in [7, 11) is 3.21. The van der Waals surface area contributed by atoms with Crippen LogP contribution in [0.15, 0.2) is 94.8 Å². The number of nitrogens with zero attached hydrogens (tertiary/aromatic N) is 6. The van der Waals surface area contributed by atoms with E-state index in [9.17, 15) is 9.59 Å². The summed E-state index contributed by atoms with van der Waals surface area (Å²) in [6.07, 6.45) is 3.76. The van der Waals surface area contributed by atoms with Gasteiger partial charge < -0.3 is 39.4 Å². The molecule has 0 unspecified atom stereocenters. The van der Waals surface area contributed by atoms with Crippen molar-refractivity contribution in [2.75, 3.05) is 83.0 Å². The van der Waals surface area contributed by atoms with Gasteiger partial charge in [-0.1, -0.05) is 0 Å². The highest BCUT2D eigenvalue weighted by molar-refractivity contribution is 5.67. The lowest BCUT2D eigenvalue weighted by Gasteiger charge is -2.33. The van der Waals surface area contributed by atoms with Crippen molar-refractivity contribution in [3.05, 3.63) is 106 Å². The Balaban J connectivity index is 0.000000174. The lowest BCUT2D eigenvalue weighted by Crippen LogP contribution is -2.49. The van der Waals surface area contributed by atoms with Crippen LogP contribution in [0.3, 0.4) is 0 Å². The van der Waals surface area contributed by atoms with Gasteiger partial charge in [-0.2, -0.15) is 0 Å². The van der Waals surface area contributed by atoms with Crippen LogP contribution in [0.2, 0.25) is 0 Å². The second kappa shape index (κ2) is 17.8. The van der Waals surface area contributed by atoms with E-state index in [1.807, 2.05) is 86.9 Å². The third kappa shape index (κ3) is 8.82. The van der Waals surface area contributed by atoms with Gasteiger partial charge in [0, 0.05) is 87.5 Å². The maximum absolute atomic E-state index is 12.8. The van der Waals surface area contributed by atoms with Crippen LogP contribution >= 0.6 is 0 Å². The van der Waals surface area contributed by atoms with E-state index in [0.717, 1.165) is 68.3 Å². The van der Waals surface area contributed by atoms with E-state index in [0.29, 0.717) is 64.9 Å². The van der Waals surface area contributed by atoms with Gasteiger partial charge in [-0.15, -0.1) is 0 Å². The number of anilines is 2. The fourth-order valence-electron chi connectivity index (χ4n) is 7.15. The van der Waals surface area contributed by atoms with Crippen molar-refractivity contribution in [1.82, 2.24) is 29.4 Å². The lowest BCUT2D eigenvalue weighted by molar-refractivity contribution is 0.311. The van der Waals surface area contributed by atoms with Gasteiger partial charge >= 0.3 is 0 Å². The molecule has 2 N–H and O–H groups in total. The highest BCUT2D eigenvalue weighted by atomic mass is 16.5. The van der Waals surface area contributed by atoms with E-state index in [4.69, 9.17) is 23.9 Å². The van der Waals surface area contributed by atoms with Crippen molar-refractivity contribution >= 4 is 22.7 Å². The molecule has 2 aliphatic heterocycles. The highest BCUT2D eigenvalue weighted by Gasteiger charge is 2.18. The number of aromatic nitrogens is 4. The standard InChI is InChI=1S/C22H26N4O3.C21H24N4O3/c1-4-29-20-11-16(5-7-19(20)28-3)18-12-22(27)26-14-17(6-8-21(26)24-18)25-10-9-23-15(2)13-25;1-3-28-19-12-15(4-6-18(19)27-2)17-13-21(26)25-14-16(5-7-20(25)23-17)24-10-8-22-9-11-24/h5-8,11-12,14-15,23H,4,9-10,13H2,1-3H3;4-7,12-14,22H,3,8-11H2,1-2H3/t15-;/m0./s1. The van der Waals surface area contributed by atoms with Crippen molar-refractivity contribution in [3.8, 4) is 45.5 Å². The number of ether oxygens (including phenoxy) is 4. The Kier molecular flexibility index (Phi) is 12.2. The highest BCUT2D eigenvalue weighted by Crippen LogP contribution is 2.33. The van der Waals surface area contributed by atoms with Crippen LogP contribution in [-0.4, -0.2) is 98.1 Å². The third-order valence-electron chi connectivity index (χ3n) is 10.0. The molecule has 57 heavy (non-hydrogen) atoms. The van der Waals surface area contributed by atoms with Crippen molar-refractivity contribution in [2.45, 2.75) is 26.8 Å². The monoisotopic (exact) mass is 774 g/mol. The van der Waals surface area contributed by atoms with Gasteiger partial charge in [-0.3, -0.25) is 18.4 Å². The number of rotatable bonds is 10. The number of hydrogen-bond acceptors (Lipinski definition) is 12. The number of piperazine rings is 2. The molecule has 14 nitrogen and oxygen atoms in total. The number of pyridine rings is 2. The Morgan fingerprint density at radius 2 is 1.12 bits per heavy atom. The molecule has 8 rings (SSSR count). The first-order valence-corrected chi connectivity index (χ1v) is 19.4. The van der Waals surface area contributed by atoms with Crippen LogP contribution < -0.4 is 50.5 Å². The second-order valence-corrected chi connectivity index (χ2v) is 13.8. The molecular weight excluding hydrogens is 725 g/mol. The molecule has 298 valence electrons. The first kappa shape index (κ1) is 39.1. The number of hydrogen-bond donors (Lipinski definition) is 2. The first-order chi connectivity index (χ1) is 27.8. The molecule has 2 aliphatic rings. The molecule has 6 aromatic rings. The van der Waals surface area contributed by atoms with Gasteiger partial charge in [0.1, 0.15) is 11.3 Å². The Morgan fingerprint density at radius 3 is 1.60 bits per heavy atom. The van der Waals surface area contributed by atoms with Crippen LogP contribution in [-0.2, 0) is 0 Å². The fraction of sp³-hybridized carbons (Fsp3) is 0.349. The van der Waals surface area contributed by atoms with Crippen molar-refractivity contribution in [2.24, 2.45) is 0 Å². The maximum atomic E-state index is 12.8. The van der Waals surface area contributed by atoms with Gasteiger partial charge in [0.15, 0.2) is 23.0 Å². The molecule has 0 radical (unpaired) electrons. The molecule has 1 atom stereocenters. The quantitative estimate of drug-likeness (QED) is 0.199. The summed E-state index contributed by atoms with van der Waals surface area (Å²) >= 11 is 0. The Bertz CT molecular complexity index is 2460. The minimum Gasteiger partial charge on any atom is -0.493 e. The van der Waals surface area contributed by atoms with Crippen molar-refractivity contribution < 1.29 is 18.9 Å². The van der Waals surface area contributed by atoms with Crippen molar-refractivity contribution in [3.63, 3.8) is 0 Å². The number of fused-ring (bicyclic) bond motifs is 2. The molecule has 0 bridgehead atoms. The molecule has 2 saturated heterocycles. The molecule has 0 aliphatic carbocycles. The Hall–Kier alpha value is -6.12. The summed E-state index contributed by atoms with van der Waals surface area (Å²) in [5, 5.41) is 6.77. The maximum Gasteiger partial charge on any atom is 0.258 e. The summed E-state index contributed by atoms with van der Waals surface area (Å²) in [5.74, 6) is 2.59. The molecule has 6 heterocycles. The SMILES string of the molecule is CCOc1cc(-c2cc(=O)n3cc(N4CCNCC4)ccc3n2)ccc1OC.CCOc1cc(-c2cc(=O)n3cc(N4CCN[C@@H](C)C4)ccc3n2)ccc1OC. The van der Waals surface area contributed by atoms with Crippen LogP contribution in [0.1, 0.15) is 20.8 Å². The molecule has 0 spiro atoms. The zero-order valence-corrected chi connectivity index (χ0v) is 33.2. The van der Waals surface area contributed by atoms with E-state index in [2.05, 4.69) is 32.3 Å². The summed E-state index contributed by atoms with van der Waals surface area (Å²) < 4.78 is 25.2. The van der Waals surface area contributed by atoms with Crippen LogP contribution in [0.25, 0.3) is 33.8 Å². The number of nitrogens with one attached hydrogen (secondary N) is 2. The van der Waals surface area contributed by atoms with Gasteiger partial charge in [-0.05, 0) is 81.4 Å². The van der Waals surface area contributed by atoms with E-state index in [1.54, 1.807) is 35.2 Å². The largest absolute Gasteiger partial charge is 0.493 e. The molecular formula is C43H50N8O6. The number of methoxy groups -OCH3 is 2. The third-order valence-corrected chi connectivity index (χ3v) is 10.0. The zero-order chi connectivity index (χ0) is 39.9. The van der Waals surface area contributed by atoms with Crippen LogP contribution in [0, 0.1) is 0 Å². The molecule has 2 fully saturated rings. The van der Waals surface area contributed by atoms with Crippen molar-refractivity contribution in [1.29, 1.82) is 0 Å². The van der Waals surface area contributed by atoms with E-state index in [1.165, 1.54) is 0 Å². The average Bonchev–Trinajstić information content (AvgIpc) is 3.24. The predicted molar refractivity (Wildman–Crippen MR) is 224 cm³/mol. The lowest BCUT2D eigenvalue weighted by atomic mass is 10.1. The summed E-state index contributed by atoms with van der Waals surface area (Å²) in [6, 6.07) is 22.6. The molecule has 0 amide bonds. The minimum absolute atomic E-state index is 0.106. The zero-order valence-electron chi connectivity index (χ0n) is 33.2. The van der Waals surface area contributed by atoms with Gasteiger partial charge in [-0.25, -0.2) is 9.97 Å². The number of benzene rings is 2. The summed E-state index contributed by atoms with van der Waals surface area (Å²) in [4.78, 5) is 39.6. The normalized spacial score (nSPS) is 15.6. The minimum atomic E-state index is -0.108. The van der Waals surface area contributed by atoms with E-state index >= 15 is 0 Å². The molecule has 0 saturated carbocycles. The fourth-order valence-corrected chi connectivity index (χ4v) is 7.15.